The normalized spacial score (nSPS) is 17.1. The number of aryl methyl sites for hydroxylation is 1. The number of nitrogens with one attached hydrogen (secondary N) is 2. The molecule has 0 radical (unpaired) electrons. The van der Waals surface area contributed by atoms with Gasteiger partial charge in [-0.3, -0.25) is 4.79 Å². The second-order valence-electron chi connectivity index (χ2n) is 7.93. The third kappa shape index (κ3) is 3.58. The summed E-state index contributed by atoms with van der Waals surface area (Å²) in [5, 5.41) is 6.76. The minimum atomic E-state index is -0.347. The van der Waals surface area contributed by atoms with Gasteiger partial charge in [0, 0.05) is 10.5 Å². The van der Waals surface area contributed by atoms with Gasteiger partial charge in [0.25, 0.3) is 5.91 Å². The van der Waals surface area contributed by atoms with Gasteiger partial charge in [-0.05, 0) is 57.6 Å². The van der Waals surface area contributed by atoms with Crippen molar-refractivity contribution in [1.82, 2.24) is 20.2 Å². The molecule has 2 N–H and O–H groups in total. The average molecular weight is 501 g/mol. The van der Waals surface area contributed by atoms with Gasteiger partial charge >= 0.3 is 6.03 Å². The first-order valence-electron chi connectivity index (χ1n) is 10.1. The minimum absolute atomic E-state index is 0.131. The molecule has 3 aromatic rings. The van der Waals surface area contributed by atoms with Crippen LogP contribution in [0, 0.1) is 6.92 Å². The monoisotopic (exact) mass is 500 g/mol. The number of urea groups is 1. The first-order valence-corrected chi connectivity index (χ1v) is 11.7. The van der Waals surface area contributed by atoms with Crippen molar-refractivity contribution in [3.05, 3.63) is 39.4 Å². The Kier molecular flexibility index (Phi) is 5.15. The fourth-order valence-electron chi connectivity index (χ4n) is 4.08. The number of anilines is 3. The maximum atomic E-state index is 13.2. The summed E-state index contributed by atoms with van der Waals surface area (Å²) in [7, 11) is 2.09. The van der Waals surface area contributed by atoms with Crippen LogP contribution in [0.1, 0.15) is 28.1 Å². The van der Waals surface area contributed by atoms with Crippen molar-refractivity contribution in [3.63, 3.8) is 0 Å². The van der Waals surface area contributed by atoms with E-state index in [4.69, 9.17) is 0 Å². The molecule has 5 rings (SSSR count). The van der Waals surface area contributed by atoms with Crippen molar-refractivity contribution in [2.24, 2.45) is 0 Å². The number of piperidine rings is 1. The summed E-state index contributed by atoms with van der Waals surface area (Å²) in [6, 6.07) is 5.53. The second-order valence-corrected chi connectivity index (χ2v) is 9.85. The number of hydrogen-bond donors (Lipinski definition) is 2. The number of halogens is 1. The van der Waals surface area contributed by atoms with Gasteiger partial charge in [0.05, 0.1) is 16.8 Å². The third-order valence-corrected chi connectivity index (χ3v) is 7.38. The minimum Gasteiger partial charge on any atom is -0.348 e. The fraction of sp³-hybridized carbons (Fsp3) is 0.333. The number of benzene rings is 1. The number of rotatable bonds is 3. The van der Waals surface area contributed by atoms with E-state index in [2.05, 4.69) is 48.5 Å². The summed E-state index contributed by atoms with van der Waals surface area (Å²) in [4.78, 5) is 40.0. The number of hydrogen-bond acceptors (Lipinski definition) is 6. The van der Waals surface area contributed by atoms with E-state index in [1.54, 1.807) is 4.90 Å². The Hall–Kier alpha value is -2.56. The molecular weight excluding hydrogens is 480 g/mol. The maximum absolute atomic E-state index is 13.2. The molecule has 1 fully saturated rings. The van der Waals surface area contributed by atoms with Crippen LogP contribution in [-0.2, 0) is 0 Å². The third-order valence-electron chi connectivity index (χ3n) is 5.79. The van der Waals surface area contributed by atoms with Gasteiger partial charge in [0.2, 0.25) is 0 Å². The Balaban J connectivity index is 1.55. The SMILES string of the molecule is Cc1ccc(Br)cc1N1C(=O)Nc2c(C(=O)NC3CCN(C)CC3)sc3ncnc1c23. The Morgan fingerprint density at radius 2 is 2.06 bits per heavy atom. The zero-order chi connectivity index (χ0) is 21.7. The van der Waals surface area contributed by atoms with Crippen molar-refractivity contribution in [2.45, 2.75) is 25.8 Å². The van der Waals surface area contributed by atoms with E-state index in [1.807, 2.05) is 25.1 Å². The van der Waals surface area contributed by atoms with Crippen molar-refractivity contribution in [2.75, 3.05) is 30.4 Å². The Bertz CT molecular complexity index is 1200. The topological polar surface area (TPSA) is 90.5 Å². The van der Waals surface area contributed by atoms with E-state index < -0.39 is 0 Å². The van der Waals surface area contributed by atoms with Crippen molar-refractivity contribution in [3.8, 4) is 0 Å². The number of nitrogens with zero attached hydrogens (tertiary/aromatic N) is 4. The summed E-state index contributed by atoms with van der Waals surface area (Å²) in [6.07, 6.45) is 3.27. The first-order chi connectivity index (χ1) is 14.9. The van der Waals surface area contributed by atoms with Crippen molar-refractivity contribution < 1.29 is 9.59 Å². The van der Waals surface area contributed by atoms with Crippen LogP contribution in [0.5, 0.6) is 0 Å². The van der Waals surface area contributed by atoms with Crippen LogP contribution in [0.15, 0.2) is 29.0 Å². The number of carbonyl (C=O) groups excluding carboxylic acids is 2. The highest BCUT2D eigenvalue weighted by Gasteiger charge is 2.35. The molecule has 10 heteroatoms. The molecule has 31 heavy (non-hydrogen) atoms. The zero-order valence-electron chi connectivity index (χ0n) is 17.1. The number of amides is 3. The van der Waals surface area contributed by atoms with Crippen LogP contribution in [-0.4, -0.2) is 53.0 Å². The summed E-state index contributed by atoms with van der Waals surface area (Å²) in [5.74, 6) is 0.311. The number of thiophene rings is 1. The van der Waals surface area contributed by atoms with Crippen molar-refractivity contribution >= 4 is 66.6 Å². The van der Waals surface area contributed by atoms with Gasteiger partial charge in [0.1, 0.15) is 16.0 Å². The molecule has 3 amide bonds. The maximum Gasteiger partial charge on any atom is 0.332 e. The highest BCUT2D eigenvalue weighted by molar-refractivity contribution is 9.10. The van der Waals surface area contributed by atoms with Crippen LogP contribution >= 0.6 is 27.3 Å². The first kappa shape index (κ1) is 20.3. The van der Waals surface area contributed by atoms with Gasteiger partial charge in [-0.1, -0.05) is 22.0 Å². The molecule has 0 aliphatic carbocycles. The molecule has 2 aliphatic rings. The molecule has 160 valence electrons. The van der Waals surface area contributed by atoms with Gasteiger partial charge in [0.15, 0.2) is 5.82 Å². The zero-order valence-corrected chi connectivity index (χ0v) is 19.5. The number of carbonyl (C=O) groups is 2. The Labute approximate surface area is 191 Å². The van der Waals surface area contributed by atoms with Gasteiger partial charge < -0.3 is 15.5 Å². The van der Waals surface area contributed by atoms with E-state index in [0.29, 0.717) is 26.6 Å². The molecule has 0 spiro atoms. The second kappa shape index (κ2) is 7.85. The molecule has 0 saturated carbocycles. The molecule has 0 atom stereocenters. The summed E-state index contributed by atoms with van der Waals surface area (Å²) >= 11 is 4.76. The summed E-state index contributed by atoms with van der Waals surface area (Å²) in [5.41, 5.74) is 2.15. The van der Waals surface area contributed by atoms with Gasteiger partial charge in [-0.2, -0.15) is 0 Å². The standard InChI is InChI=1S/C21H21BrN6O2S/c1-11-3-4-12(22)9-14(11)28-18-15-16(26-21(28)30)17(31-20(15)24-10-23-18)19(29)25-13-5-7-27(2)8-6-13/h3-4,9-10,13H,5-8H2,1-2H3,(H,25,29)(H,26,30). The van der Waals surface area contributed by atoms with Gasteiger partial charge in [-0.15, -0.1) is 11.3 Å². The van der Waals surface area contributed by atoms with E-state index in [-0.39, 0.29) is 18.0 Å². The largest absolute Gasteiger partial charge is 0.348 e. The lowest BCUT2D eigenvalue weighted by Gasteiger charge is -2.30. The van der Waals surface area contributed by atoms with E-state index in [9.17, 15) is 9.59 Å². The van der Waals surface area contributed by atoms with E-state index >= 15 is 0 Å². The lowest BCUT2D eigenvalue weighted by atomic mass is 10.1. The molecule has 8 nitrogen and oxygen atoms in total. The van der Waals surface area contributed by atoms with Crippen molar-refractivity contribution in [1.29, 1.82) is 0 Å². The van der Waals surface area contributed by atoms with Crippen LogP contribution < -0.4 is 15.5 Å². The highest BCUT2D eigenvalue weighted by atomic mass is 79.9. The predicted molar refractivity (Wildman–Crippen MR) is 125 cm³/mol. The quantitative estimate of drug-likeness (QED) is 0.560. The Morgan fingerprint density at radius 3 is 2.84 bits per heavy atom. The lowest BCUT2D eigenvalue weighted by Crippen LogP contribution is -2.43. The summed E-state index contributed by atoms with van der Waals surface area (Å²) in [6.45, 7) is 3.85. The molecule has 1 saturated heterocycles. The smallest absolute Gasteiger partial charge is 0.332 e. The van der Waals surface area contributed by atoms with Crippen LogP contribution in [0.2, 0.25) is 0 Å². The average Bonchev–Trinajstić information content (AvgIpc) is 3.12. The fourth-order valence-corrected chi connectivity index (χ4v) is 5.42. The molecule has 1 aromatic carbocycles. The van der Waals surface area contributed by atoms with Crippen LogP contribution in [0.25, 0.3) is 10.2 Å². The van der Waals surface area contributed by atoms with Crippen LogP contribution in [0.4, 0.5) is 22.0 Å². The molecule has 0 unspecified atom stereocenters. The molecule has 2 aromatic heterocycles. The number of aromatic nitrogens is 2. The molecular formula is C21H21BrN6O2S. The van der Waals surface area contributed by atoms with Gasteiger partial charge in [-0.25, -0.2) is 19.7 Å². The molecule has 4 heterocycles. The highest BCUT2D eigenvalue weighted by Crippen LogP contribution is 2.45. The van der Waals surface area contributed by atoms with E-state index in [1.165, 1.54) is 17.7 Å². The summed E-state index contributed by atoms with van der Waals surface area (Å²) < 4.78 is 0.862. The van der Waals surface area contributed by atoms with Crippen LogP contribution in [0.3, 0.4) is 0 Å². The van der Waals surface area contributed by atoms with E-state index in [0.717, 1.165) is 41.7 Å². The molecule has 2 aliphatic heterocycles. The lowest BCUT2D eigenvalue weighted by molar-refractivity contribution is 0.0922. The number of likely N-dealkylation sites (tertiary alicyclic amines) is 1. The Morgan fingerprint density at radius 1 is 1.29 bits per heavy atom. The predicted octanol–water partition coefficient (Wildman–Crippen LogP) is 4.27. The molecule has 0 bridgehead atoms.